The number of rotatable bonds is 4. The Morgan fingerprint density at radius 2 is 1.78 bits per heavy atom. The molecule has 0 atom stereocenters. The Morgan fingerprint density at radius 1 is 1.13 bits per heavy atom. The number of fused-ring (bicyclic) bond motifs is 1. The third-order valence-corrected chi connectivity index (χ3v) is 5.89. The highest BCUT2D eigenvalue weighted by Gasteiger charge is 2.29. The second-order valence-electron chi connectivity index (χ2n) is 5.50. The van der Waals surface area contributed by atoms with Gasteiger partial charge in [0.2, 0.25) is 10.0 Å². The summed E-state index contributed by atoms with van der Waals surface area (Å²) in [5.41, 5.74) is 0. The maximum atomic E-state index is 12.8. The van der Waals surface area contributed by atoms with Gasteiger partial charge in [0, 0.05) is 43.8 Å². The first-order valence-electron chi connectivity index (χ1n) is 7.42. The number of ether oxygens (including phenoxy) is 2. The standard InChI is InChI=1S/C15H19ClN2O4S/c1-12(16)11-17-4-6-18(7-5-17)23(19,20)13-2-3-14-15(10-13)22-9-8-21-14/h2-3,10H,1,4-9,11H2. The van der Waals surface area contributed by atoms with Gasteiger partial charge in [0.05, 0.1) is 4.90 Å². The highest BCUT2D eigenvalue weighted by molar-refractivity contribution is 7.89. The molecule has 1 fully saturated rings. The lowest BCUT2D eigenvalue weighted by Gasteiger charge is -2.33. The molecule has 0 N–H and O–H groups in total. The van der Waals surface area contributed by atoms with Crippen LogP contribution in [-0.2, 0) is 10.0 Å². The van der Waals surface area contributed by atoms with Crippen LogP contribution in [0.15, 0.2) is 34.7 Å². The van der Waals surface area contributed by atoms with Crippen molar-refractivity contribution in [2.24, 2.45) is 0 Å². The van der Waals surface area contributed by atoms with Gasteiger partial charge in [-0.15, -0.1) is 0 Å². The van der Waals surface area contributed by atoms with Gasteiger partial charge in [0.25, 0.3) is 0 Å². The molecule has 126 valence electrons. The molecule has 0 aromatic heterocycles. The Kier molecular flexibility index (Phi) is 4.82. The second kappa shape index (κ2) is 6.68. The van der Waals surface area contributed by atoms with E-state index in [1.807, 2.05) is 0 Å². The molecule has 1 aromatic carbocycles. The first kappa shape index (κ1) is 16.6. The molecule has 0 unspecified atom stereocenters. The van der Waals surface area contributed by atoms with Crippen molar-refractivity contribution in [3.05, 3.63) is 29.8 Å². The quantitative estimate of drug-likeness (QED) is 0.816. The maximum Gasteiger partial charge on any atom is 0.243 e. The van der Waals surface area contributed by atoms with Crippen LogP contribution in [0.2, 0.25) is 0 Å². The largest absolute Gasteiger partial charge is 0.486 e. The minimum Gasteiger partial charge on any atom is -0.486 e. The summed E-state index contributed by atoms with van der Waals surface area (Å²) < 4.78 is 37.9. The van der Waals surface area contributed by atoms with Gasteiger partial charge in [0.1, 0.15) is 13.2 Å². The number of benzene rings is 1. The zero-order valence-electron chi connectivity index (χ0n) is 12.7. The predicted molar refractivity (Wildman–Crippen MR) is 87.6 cm³/mol. The van der Waals surface area contributed by atoms with Gasteiger partial charge >= 0.3 is 0 Å². The number of piperazine rings is 1. The maximum absolute atomic E-state index is 12.8. The van der Waals surface area contributed by atoms with E-state index in [2.05, 4.69) is 11.5 Å². The number of hydrogen-bond acceptors (Lipinski definition) is 5. The van der Waals surface area contributed by atoms with E-state index in [0.29, 0.717) is 62.5 Å². The van der Waals surface area contributed by atoms with Crippen LogP contribution < -0.4 is 9.47 Å². The summed E-state index contributed by atoms with van der Waals surface area (Å²) in [6, 6.07) is 4.75. The van der Waals surface area contributed by atoms with Crippen LogP contribution in [0.4, 0.5) is 0 Å². The fraction of sp³-hybridized carbons (Fsp3) is 0.467. The summed E-state index contributed by atoms with van der Waals surface area (Å²) >= 11 is 5.81. The van der Waals surface area contributed by atoms with Gasteiger partial charge in [0.15, 0.2) is 11.5 Å². The van der Waals surface area contributed by atoms with Crippen LogP contribution in [0.1, 0.15) is 0 Å². The van der Waals surface area contributed by atoms with Gasteiger partial charge in [-0.05, 0) is 12.1 Å². The Bertz CT molecular complexity index is 699. The molecule has 6 nitrogen and oxygen atoms in total. The molecule has 0 radical (unpaired) electrons. The number of nitrogens with zero attached hydrogens (tertiary/aromatic N) is 2. The van der Waals surface area contributed by atoms with E-state index in [0.717, 1.165) is 0 Å². The Morgan fingerprint density at radius 3 is 2.43 bits per heavy atom. The van der Waals surface area contributed by atoms with Crippen molar-refractivity contribution in [3.63, 3.8) is 0 Å². The molecule has 3 rings (SSSR count). The van der Waals surface area contributed by atoms with Gasteiger partial charge < -0.3 is 9.47 Å². The highest BCUT2D eigenvalue weighted by atomic mass is 35.5. The van der Waals surface area contributed by atoms with Crippen LogP contribution in [0, 0.1) is 0 Å². The average Bonchev–Trinajstić information content (AvgIpc) is 2.54. The Hall–Kier alpha value is -1.28. The molecule has 8 heteroatoms. The zero-order chi connectivity index (χ0) is 16.4. The van der Waals surface area contributed by atoms with Crippen LogP contribution in [0.3, 0.4) is 0 Å². The van der Waals surface area contributed by atoms with E-state index < -0.39 is 10.0 Å². The lowest BCUT2D eigenvalue weighted by Crippen LogP contribution is -2.48. The third kappa shape index (κ3) is 3.63. The molecule has 0 spiro atoms. The number of hydrogen-bond donors (Lipinski definition) is 0. The molecule has 0 saturated carbocycles. The van der Waals surface area contributed by atoms with Gasteiger partial charge in [-0.3, -0.25) is 4.90 Å². The van der Waals surface area contributed by atoms with E-state index >= 15 is 0 Å². The summed E-state index contributed by atoms with van der Waals surface area (Å²) in [5, 5.41) is 0.563. The van der Waals surface area contributed by atoms with Crippen molar-refractivity contribution < 1.29 is 17.9 Å². The van der Waals surface area contributed by atoms with Gasteiger partial charge in [-0.25, -0.2) is 8.42 Å². The fourth-order valence-electron chi connectivity index (χ4n) is 2.70. The van der Waals surface area contributed by atoms with E-state index in [9.17, 15) is 8.42 Å². The molecular formula is C15H19ClN2O4S. The first-order chi connectivity index (χ1) is 11.0. The summed E-state index contributed by atoms with van der Waals surface area (Å²) in [7, 11) is -3.53. The van der Waals surface area contributed by atoms with E-state index in [-0.39, 0.29) is 4.90 Å². The molecule has 0 amide bonds. The Balaban J connectivity index is 1.73. The minimum atomic E-state index is -3.53. The molecule has 1 saturated heterocycles. The molecule has 1 aromatic rings. The topological polar surface area (TPSA) is 59.1 Å². The molecule has 0 aliphatic carbocycles. The van der Waals surface area contributed by atoms with E-state index in [1.54, 1.807) is 12.1 Å². The van der Waals surface area contributed by atoms with Crippen LogP contribution >= 0.6 is 11.6 Å². The summed E-state index contributed by atoms with van der Waals surface area (Å²) in [5.74, 6) is 1.06. The SMILES string of the molecule is C=C(Cl)CN1CCN(S(=O)(=O)c2ccc3c(c2)OCCO3)CC1. The van der Waals surface area contributed by atoms with Crippen molar-refractivity contribution in [1.82, 2.24) is 9.21 Å². The van der Waals surface area contributed by atoms with Crippen molar-refractivity contribution in [3.8, 4) is 11.5 Å². The molecular weight excluding hydrogens is 340 g/mol. The van der Waals surface area contributed by atoms with Crippen molar-refractivity contribution in [2.75, 3.05) is 45.9 Å². The zero-order valence-corrected chi connectivity index (χ0v) is 14.3. The van der Waals surface area contributed by atoms with Crippen molar-refractivity contribution >= 4 is 21.6 Å². The second-order valence-corrected chi connectivity index (χ2v) is 7.98. The van der Waals surface area contributed by atoms with Gasteiger partial charge in [-0.1, -0.05) is 18.2 Å². The van der Waals surface area contributed by atoms with E-state index in [1.165, 1.54) is 10.4 Å². The van der Waals surface area contributed by atoms with E-state index in [4.69, 9.17) is 21.1 Å². The van der Waals surface area contributed by atoms with Crippen molar-refractivity contribution in [2.45, 2.75) is 4.90 Å². The molecule has 2 heterocycles. The first-order valence-corrected chi connectivity index (χ1v) is 9.24. The predicted octanol–water partition coefficient (Wildman–Crippen LogP) is 1.52. The molecule has 2 aliphatic heterocycles. The third-order valence-electron chi connectivity index (χ3n) is 3.88. The number of sulfonamides is 1. The smallest absolute Gasteiger partial charge is 0.243 e. The minimum absolute atomic E-state index is 0.233. The normalized spacial score (nSPS) is 19.5. The van der Waals surface area contributed by atoms with Gasteiger partial charge in [-0.2, -0.15) is 4.31 Å². The lowest BCUT2D eigenvalue weighted by molar-refractivity contribution is 0.171. The molecule has 23 heavy (non-hydrogen) atoms. The Labute approximate surface area is 141 Å². The van der Waals surface area contributed by atoms with Crippen LogP contribution in [0.5, 0.6) is 11.5 Å². The molecule has 2 aliphatic rings. The summed E-state index contributed by atoms with van der Waals surface area (Å²) in [4.78, 5) is 2.32. The monoisotopic (exact) mass is 358 g/mol. The summed E-state index contributed by atoms with van der Waals surface area (Å²) in [6.45, 7) is 7.29. The fourth-order valence-corrected chi connectivity index (χ4v) is 4.31. The lowest BCUT2D eigenvalue weighted by atomic mass is 10.3. The van der Waals surface area contributed by atoms with Crippen molar-refractivity contribution in [1.29, 1.82) is 0 Å². The van der Waals surface area contributed by atoms with Crippen LogP contribution in [-0.4, -0.2) is 63.6 Å². The molecule has 0 bridgehead atoms. The number of halogens is 1. The summed E-state index contributed by atoms with van der Waals surface area (Å²) in [6.07, 6.45) is 0. The highest BCUT2D eigenvalue weighted by Crippen LogP contribution is 2.33. The van der Waals surface area contributed by atoms with Crippen LogP contribution in [0.25, 0.3) is 0 Å². The average molecular weight is 359 g/mol.